The number of aromatic amines is 1. The van der Waals surface area contributed by atoms with Crippen LogP contribution < -0.4 is 5.56 Å². The second kappa shape index (κ2) is 11.9. The van der Waals surface area contributed by atoms with Crippen LogP contribution in [0.2, 0.25) is 10.0 Å². The second-order valence-electron chi connectivity index (χ2n) is 10.2. The van der Waals surface area contributed by atoms with Crippen LogP contribution in [-0.2, 0) is 43.9 Å². The molecule has 7 rings (SSSR count). The van der Waals surface area contributed by atoms with Gasteiger partial charge in [0.2, 0.25) is 0 Å². The second-order valence-corrected chi connectivity index (χ2v) is 16.7. The number of thiol groups is 1. The highest BCUT2D eigenvalue weighted by atomic mass is 35.5. The number of imidazole rings is 2. The monoisotopic (exact) mass is 744 g/mol. The first-order chi connectivity index (χ1) is 21.3. The maximum absolute atomic E-state index is 16.0. The van der Waals surface area contributed by atoms with Gasteiger partial charge in [0.15, 0.2) is 29.8 Å². The molecule has 242 valence electrons. The third kappa shape index (κ3) is 5.91. The summed E-state index contributed by atoms with van der Waals surface area (Å²) in [4.78, 5) is 37.9. The van der Waals surface area contributed by atoms with Crippen molar-refractivity contribution in [1.29, 1.82) is 0 Å². The van der Waals surface area contributed by atoms with E-state index in [2.05, 4.69) is 32.2 Å². The number of rotatable bonds is 2. The summed E-state index contributed by atoms with van der Waals surface area (Å²) in [6, 6.07) is 3.06. The minimum Gasteiger partial charge on any atom is -0.387 e. The van der Waals surface area contributed by atoms with Crippen LogP contribution in [0.4, 0.5) is 4.39 Å². The van der Waals surface area contributed by atoms with E-state index in [1.54, 1.807) is 0 Å². The van der Waals surface area contributed by atoms with Crippen molar-refractivity contribution in [2.75, 3.05) is 13.2 Å². The van der Waals surface area contributed by atoms with E-state index in [4.69, 9.17) is 62.6 Å². The predicted molar refractivity (Wildman–Crippen MR) is 161 cm³/mol. The van der Waals surface area contributed by atoms with Crippen LogP contribution in [0, 0.1) is 0 Å². The van der Waals surface area contributed by atoms with Gasteiger partial charge in [-0.1, -0.05) is 35.5 Å². The zero-order valence-corrected chi connectivity index (χ0v) is 27.2. The minimum atomic E-state index is -4.38. The smallest absolute Gasteiger partial charge is 0.386 e. The Morgan fingerprint density at radius 1 is 1.02 bits per heavy atom. The molecule has 3 aromatic heterocycles. The van der Waals surface area contributed by atoms with Crippen molar-refractivity contribution in [3.63, 3.8) is 0 Å². The van der Waals surface area contributed by atoms with Crippen molar-refractivity contribution >= 4 is 83.0 Å². The van der Waals surface area contributed by atoms with E-state index in [1.807, 2.05) is 0 Å². The van der Waals surface area contributed by atoms with Crippen LogP contribution >= 0.6 is 49.0 Å². The summed E-state index contributed by atoms with van der Waals surface area (Å²) in [6.07, 6.45) is -8.17. The van der Waals surface area contributed by atoms with Crippen molar-refractivity contribution in [1.82, 2.24) is 29.1 Å². The molecule has 6 heterocycles. The number of fused-ring (bicyclic) bond motifs is 5. The number of halogens is 3. The molecule has 3 aliphatic heterocycles. The van der Waals surface area contributed by atoms with Gasteiger partial charge in [-0.25, -0.2) is 23.9 Å². The third-order valence-corrected chi connectivity index (χ3v) is 11.3. The molecule has 10 atom stereocenters. The van der Waals surface area contributed by atoms with Gasteiger partial charge in [-0.15, -0.1) is 0 Å². The average molecular weight is 745 g/mol. The molecule has 0 aliphatic carbocycles. The summed E-state index contributed by atoms with van der Waals surface area (Å²) in [5.74, 6) is 0. The third-order valence-electron chi connectivity index (χ3n) is 7.42. The fourth-order valence-electron chi connectivity index (χ4n) is 5.35. The topological polar surface area (TPSA) is 194 Å². The lowest BCUT2D eigenvalue weighted by molar-refractivity contribution is -0.0586. The van der Waals surface area contributed by atoms with Crippen molar-refractivity contribution in [2.45, 2.75) is 49.1 Å². The van der Waals surface area contributed by atoms with Crippen molar-refractivity contribution < 1.29 is 46.5 Å². The molecule has 4 unspecified atom stereocenters. The Balaban J connectivity index is 1.20. The summed E-state index contributed by atoms with van der Waals surface area (Å²) in [7, 11) is 0. The Labute approximate surface area is 271 Å². The molecule has 0 radical (unpaired) electrons. The molecule has 3 aliphatic rings. The molecule has 16 nitrogen and oxygen atoms in total. The lowest BCUT2D eigenvalue weighted by atomic mass is 10.1. The molecule has 0 spiro atoms. The fourth-order valence-corrected chi connectivity index (χ4v) is 8.56. The number of nitrogens with zero attached hydrogens (tertiary/aromatic N) is 5. The van der Waals surface area contributed by atoms with E-state index < -0.39 is 81.4 Å². The molecular formula is C22H21Cl2FN6O10P2S2. The molecular weight excluding hydrogens is 724 g/mol. The number of H-pyrrole nitrogens is 1. The highest BCUT2D eigenvalue weighted by Gasteiger charge is 2.53. The number of aromatic nitrogens is 6. The first kappa shape index (κ1) is 32.0. The van der Waals surface area contributed by atoms with Crippen LogP contribution in [-0.4, -0.2) is 89.0 Å². The maximum atomic E-state index is 16.0. The highest BCUT2D eigenvalue weighted by Crippen LogP contribution is 2.58. The molecule has 0 amide bonds. The van der Waals surface area contributed by atoms with E-state index >= 15 is 4.39 Å². The quantitative estimate of drug-likeness (QED) is 0.173. The summed E-state index contributed by atoms with van der Waals surface area (Å²) in [6.45, 7) is -9.80. The fraction of sp³-hybridized carbons (Fsp3) is 0.455. The zero-order chi connectivity index (χ0) is 31.8. The van der Waals surface area contributed by atoms with Gasteiger partial charge in [-0.05, 0) is 23.9 Å². The standard InChI is InChI=1S/C22H21Cl2FN6O10P2S2/c23-8-1-10-11(2-9(8)24)30(6-28-10)22-18-16(32)12(38-22)3-36-42(34,44)40-17-13(4-37-43(35,45)41-18)39-21(14(17)25)31-7-29-15-19(31)26-5-27-20(15)33/h1-2,5-7,12-14,16-18,21-22,32H,3-4H2,(H,34,44)(H,35,45)(H,26,27,33)/t12-,13-,14+,16+,17?,18?,21-,22-,42?,43?/m1/s1. The van der Waals surface area contributed by atoms with Gasteiger partial charge in [-0.2, -0.15) is 0 Å². The molecule has 2 bridgehead atoms. The summed E-state index contributed by atoms with van der Waals surface area (Å²) < 4.78 is 66.1. The molecule has 45 heavy (non-hydrogen) atoms. The van der Waals surface area contributed by atoms with Crippen molar-refractivity contribution in [3.8, 4) is 0 Å². The SMILES string of the molecule is O=c1[nH]cnc2c1ncn2[C@@H]1O[C@@H]2COP(O)(=S)OC3[C@@H](O)[C@@H](COP(=O)(S)OC2[C@@H]1F)O[C@H]3n1cnc2cc(Cl)c(Cl)cc21. The molecule has 0 saturated carbocycles. The Kier molecular flexibility index (Phi) is 8.44. The Hall–Kier alpha value is -1.54. The van der Waals surface area contributed by atoms with Gasteiger partial charge >= 0.3 is 13.5 Å². The van der Waals surface area contributed by atoms with Gasteiger partial charge in [0.1, 0.15) is 30.5 Å². The van der Waals surface area contributed by atoms with Crippen molar-refractivity contribution in [3.05, 3.63) is 51.5 Å². The lowest BCUT2D eigenvalue weighted by Gasteiger charge is -2.27. The molecule has 3 N–H and O–H groups in total. The Morgan fingerprint density at radius 3 is 2.53 bits per heavy atom. The molecule has 1 aromatic carbocycles. The van der Waals surface area contributed by atoms with E-state index in [9.17, 15) is 19.4 Å². The van der Waals surface area contributed by atoms with E-state index in [0.717, 1.165) is 17.2 Å². The van der Waals surface area contributed by atoms with Gasteiger partial charge < -0.3 is 33.5 Å². The van der Waals surface area contributed by atoms with Crippen LogP contribution in [0.3, 0.4) is 0 Å². The number of aliphatic hydroxyl groups excluding tert-OH is 1. The normalized spacial score (nSPS) is 37.7. The first-order valence-electron chi connectivity index (χ1n) is 13.0. The predicted octanol–water partition coefficient (Wildman–Crippen LogP) is 3.04. The number of nitrogens with one attached hydrogen (secondary N) is 1. The molecule has 4 aromatic rings. The number of hydrogen-bond donors (Lipinski definition) is 4. The number of alkyl halides is 1. The number of hydrogen-bond acceptors (Lipinski definition) is 13. The minimum absolute atomic E-state index is 0.00590. The highest BCUT2D eigenvalue weighted by molar-refractivity contribution is 8.44. The van der Waals surface area contributed by atoms with Crippen LogP contribution in [0.15, 0.2) is 35.9 Å². The Morgan fingerprint density at radius 2 is 1.73 bits per heavy atom. The van der Waals surface area contributed by atoms with Gasteiger partial charge in [0.25, 0.3) is 5.56 Å². The van der Waals surface area contributed by atoms with Gasteiger partial charge in [0.05, 0.1) is 53.3 Å². The molecule has 3 fully saturated rings. The summed E-state index contributed by atoms with van der Waals surface area (Å²) in [5.41, 5.74) is 0.252. The number of benzene rings is 1. The number of ether oxygens (including phenoxy) is 2. The molecule has 3 saturated heterocycles. The summed E-state index contributed by atoms with van der Waals surface area (Å²) >= 11 is 21.6. The largest absolute Gasteiger partial charge is 0.387 e. The van der Waals surface area contributed by atoms with E-state index in [-0.39, 0.29) is 21.2 Å². The number of aliphatic hydroxyl groups is 1. The van der Waals surface area contributed by atoms with Gasteiger partial charge in [0, 0.05) is 0 Å². The maximum Gasteiger partial charge on any atom is 0.386 e. The molecule has 23 heteroatoms. The van der Waals surface area contributed by atoms with Crippen LogP contribution in [0.5, 0.6) is 0 Å². The average Bonchev–Trinajstić information content (AvgIpc) is 3.73. The van der Waals surface area contributed by atoms with E-state index in [1.165, 1.54) is 23.0 Å². The van der Waals surface area contributed by atoms with Crippen LogP contribution in [0.1, 0.15) is 12.5 Å². The zero-order valence-electron chi connectivity index (χ0n) is 22.2. The first-order valence-corrected chi connectivity index (χ1v) is 19.0. The Bertz CT molecular complexity index is 1950. The summed E-state index contributed by atoms with van der Waals surface area (Å²) in [5, 5.41) is 11.6. The van der Waals surface area contributed by atoms with E-state index in [0.29, 0.717) is 11.0 Å². The lowest BCUT2D eigenvalue weighted by Crippen LogP contribution is -2.35. The van der Waals surface area contributed by atoms with Crippen LogP contribution in [0.25, 0.3) is 22.2 Å². The van der Waals surface area contributed by atoms with Crippen molar-refractivity contribution in [2.24, 2.45) is 0 Å². The van der Waals surface area contributed by atoms with Gasteiger partial charge in [-0.3, -0.25) is 22.9 Å².